The van der Waals surface area contributed by atoms with Crippen molar-refractivity contribution in [1.29, 1.82) is 0 Å². The summed E-state index contributed by atoms with van der Waals surface area (Å²) in [5, 5.41) is 0. The van der Waals surface area contributed by atoms with Crippen molar-refractivity contribution in [2.75, 3.05) is 20.1 Å². The minimum atomic E-state index is -4.76. The van der Waals surface area contributed by atoms with Crippen molar-refractivity contribution in [3.8, 4) is 5.75 Å². The molecule has 2 aromatic carbocycles. The molecule has 0 saturated heterocycles. The van der Waals surface area contributed by atoms with Gasteiger partial charge in [-0.05, 0) is 41.5 Å². The van der Waals surface area contributed by atoms with Gasteiger partial charge >= 0.3 is 6.36 Å². The van der Waals surface area contributed by atoms with E-state index in [1.165, 1.54) is 51.7 Å². The monoisotopic (exact) mass is 470 g/mol. The molecule has 0 heterocycles. The van der Waals surface area contributed by atoms with Crippen LogP contribution in [0.3, 0.4) is 0 Å². The normalized spacial score (nSPS) is 12.3. The first-order valence-electron chi connectivity index (χ1n) is 9.84. The van der Waals surface area contributed by atoms with Gasteiger partial charge in [-0.15, -0.1) is 13.2 Å². The van der Waals surface area contributed by atoms with Gasteiger partial charge in [0.25, 0.3) is 0 Å². The molecule has 0 spiro atoms. The van der Waals surface area contributed by atoms with Crippen LogP contribution in [0.4, 0.5) is 13.2 Å². The van der Waals surface area contributed by atoms with Gasteiger partial charge in [-0.1, -0.05) is 38.1 Å². The zero-order valence-corrected chi connectivity index (χ0v) is 18.8. The molecule has 0 unspecified atom stereocenters. The Morgan fingerprint density at radius 3 is 2.06 bits per heavy atom. The minimum Gasteiger partial charge on any atom is -0.406 e. The Bertz CT molecular complexity index is 1030. The predicted molar refractivity (Wildman–Crippen MR) is 115 cm³/mol. The topological polar surface area (TPSA) is 66.9 Å². The van der Waals surface area contributed by atoms with E-state index in [2.05, 4.69) is 4.74 Å². The number of alkyl halides is 3. The molecule has 0 N–H and O–H groups in total. The third-order valence-electron chi connectivity index (χ3n) is 4.59. The van der Waals surface area contributed by atoms with Crippen LogP contribution in [-0.2, 0) is 21.4 Å². The van der Waals surface area contributed by atoms with Crippen LogP contribution in [0.5, 0.6) is 5.75 Å². The maximum Gasteiger partial charge on any atom is 0.573 e. The molecule has 0 aliphatic carbocycles. The first-order valence-corrected chi connectivity index (χ1v) is 11.3. The molecular weight excluding hydrogens is 445 g/mol. The fourth-order valence-corrected chi connectivity index (χ4v) is 4.36. The van der Waals surface area contributed by atoms with Gasteiger partial charge in [0.1, 0.15) is 5.75 Å². The summed E-state index contributed by atoms with van der Waals surface area (Å²) in [4.78, 5) is 13.9. The van der Waals surface area contributed by atoms with Crippen molar-refractivity contribution >= 4 is 22.0 Å². The summed E-state index contributed by atoms with van der Waals surface area (Å²) in [5.41, 5.74) is 1.29. The highest BCUT2D eigenvalue weighted by atomic mass is 32.2. The van der Waals surface area contributed by atoms with Crippen LogP contribution in [0, 0.1) is 0 Å². The summed E-state index contributed by atoms with van der Waals surface area (Å²) in [6.07, 6.45) is -1.85. The second-order valence-electron chi connectivity index (χ2n) is 6.88. The van der Waals surface area contributed by atoms with Gasteiger partial charge in [-0.2, -0.15) is 4.31 Å². The highest BCUT2D eigenvalue weighted by Crippen LogP contribution is 2.23. The predicted octanol–water partition coefficient (Wildman–Crippen LogP) is 4.29. The van der Waals surface area contributed by atoms with E-state index in [0.717, 1.165) is 0 Å². The lowest BCUT2D eigenvalue weighted by molar-refractivity contribution is -0.274. The van der Waals surface area contributed by atoms with Crippen molar-refractivity contribution in [3.05, 3.63) is 65.7 Å². The average molecular weight is 471 g/mol. The zero-order chi connectivity index (χ0) is 23.9. The number of halogens is 3. The quantitative estimate of drug-likeness (QED) is 0.513. The van der Waals surface area contributed by atoms with Gasteiger partial charge in [0.2, 0.25) is 15.9 Å². The molecule has 0 aliphatic heterocycles. The van der Waals surface area contributed by atoms with E-state index in [9.17, 15) is 26.4 Å². The molecule has 0 radical (unpaired) electrons. The first-order chi connectivity index (χ1) is 15.0. The lowest BCUT2D eigenvalue weighted by Crippen LogP contribution is -2.30. The molecule has 2 aromatic rings. The molecule has 174 valence electrons. The number of carbonyl (C=O) groups excluding carboxylic acids is 1. The molecule has 0 aliphatic rings. The van der Waals surface area contributed by atoms with E-state index in [4.69, 9.17) is 0 Å². The van der Waals surface area contributed by atoms with E-state index in [1.807, 2.05) is 0 Å². The Kier molecular flexibility index (Phi) is 8.45. The van der Waals surface area contributed by atoms with Crippen molar-refractivity contribution in [1.82, 2.24) is 9.21 Å². The van der Waals surface area contributed by atoms with Crippen LogP contribution in [0.2, 0.25) is 0 Å². The molecule has 32 heavy (non-hydrogen) atoms. The second-order valence-corrected chi connectivity index (χ2v) is 8.82. The van der Waals surface area contributed by atoms with Crippen LogP contribution in [-0.4, -0.2) is 50.0 Å². The number of amides is 1. The summed E-state index contributed by atoms with van der Waals surface area (Å²) in [5.74, 6) is -0.651. The van der Waals surface area contributed by atoms with Crippen LogP contribution in [0.1, 0.15) is 25.0 Å². The van der Waals surface area contributed by atoms with Gasteiger partial charge in [0, 0.05) is 32.8 Å². The smallest absolute Gasteiger partial charge is 0.406 e. The van der Waals surface area contributed by atoms with Crippen molar-refractivity contribution in [3.63, 3.8) is 0 Å². The lowest BCUT2D eigenvalue weighted by atomic mass is 10.2. The molecule has 0 atom stereocenters. The molecular formula is C22H25F3N2O4S. The van der Waals surface area contributed by atoms with E-state index in [1.54, 1.807) is 39.1 Å². The Labute approximate surface area is 186 Å². The maximum absolute atomic E-state index is 12.5. The number of carbonyl (C=O) groups is 1. The molecule has 0 saturated carbocycles. The third kappa shape index (κ3) is 7.10. The Morgan fingerprint density at radius 1 is 1.00 bits per heavy atom. The Balaban J connectivity index is 1.99. The van der Waals surface area contributed by atoms with Gasteiger partial charge in [0.05, 0.1) is 4.90 Å². The van der Waals surface area contributed by atoms with Crippen LogP contribution < -0.4 is 4.74 Å². The summed E-state index contributed by atoms with van der Waals surface area (Å²) < 4.78 is 66.8. The van der Waals surface area contributed by atoms with Crippen LogP contribution in [0.15, 0.2) is 59.5 Å². The van der Waals surface area contributed by atoms with Crippen molar-refractivity contribution in [2.45, 2.75) is 31.7 Å². The fraction of sp³-hybridized carbons (Fsp3) is 0.318. The number of ether oxygens (including phenoxy) is 1. The van der Waals surface area contributed by atoms with Crippen molar-refractivity contribution < 1.29 is 31.1 Å². The molecule has 0 aromatic heterocycles. The largest absolute Gasteiger partial charge is 0.573 e. The molecule has 0 fully saturated rings. The number of rotatable bonds is 9. The van der Waals surface area contributed by atoms with Crippen LogP contribution in [0.25, 0.3) is 6.08 Å². The molecule has 6 nitrogen and oxygen atoms in total. The highest BCUT2D eigenvalue weighted by molar-refractivity contribution is 7.89. The van der Waals surface area contributed by atoms with E-state index in [-0.39, 0.29) is 23.1 Å². The minimum absolute atomic E-state index is 0.180. The maximum atomic E-state index is 12.5. The number of benzene rings is 2. The number of sulfonamides is 1. The summed E-state index contributed by atoms with van der Waals surface area (Å²) in [6, 6.07) is 11.5. The number of hydrogen-bond acceptors (Lipinski definition) is 4. The van der Waals surface area contributed by atoms with Gasteiger partial charge < -0.3 is 9.64 Å². The van der Waals surface area contributed by atoms with E-state index < -0.39 is 16.4 Å². The molecule has 10 heteroatoms. The highest BCUT2D eigenvalue weighted by Gasteiger charge is 2.31. The van der Waals surface area contributed by atoms with Crippen LogP contribution >= 0.6 is 0 Å². The summed E-state index contributed by atoms with van der Waals surface area (Å²) in [6.45, 7) is 4.48. The van der Waals surface area contributed by atoms with Crippen molar-refractivity contribution in [2.24, 2.45) is 0 Å². The Morgan fingerprint density at radius 2 is 1.56 bits per heavy atom. The summed E-state index contributed by atoms with van der Waals surface area (Å²) >= 11 is 0. The third-order valence-corrected chi connectivity index (χ3v) is 6.66. The Hall–Kier alpha value is -2.85. The van der Waals surface area contributed by atoms with E-state index >= 15 is 0 Å². The molecule has 0 bridgehead atoms. The van der Waals surface area contributed by atoms with E-state index in [0.29, 0.717) is 24.2 Å². The molecule has 2 rings (SSSR count). The zero-order valence-electron chi connectivity index (χ0n) is 18.0. The number of hydrogen-bond donors (Lipinski definition) is 0. The number of nitrogens with zero attached hydrogens (tertiary/aromatic N) is 2. The van der Waals surface area contributed by atoms with Gasteiger partial charge in [0.15, 0.2) is 0 Å². The number of likely N-dealkylation sites (N-methyl/N-ethyl adjacent to an activating group) is 1. The average Bonchev–Trinajstić information content (AvgIpc) is 2.73. The lowest BCUT2D eigenvalue weighted by Gasteiger charge is -2.18. The van der Waals surface area contributed by atoms with Gasteiger partial charge in [-0.3, -0.25) is 4.79 Å². The summed E-state index contributed by atoms with van der Waals surface area (Å²) in [7, 11) is -1.99. The SMILES string of the molecule is CCN(CC)S(=O)(=O)c1ccc(/C=C/C(=O)N(C)Cc2ccc(OC(F)(F)F)cc2)cc1. The van der Waals surface area contributed by atoms with Gasteiger partial charge in [-0.25, -0.2) is 8.42 Å². The molecule has 1 amide bonds. The second kappa shape index (κ2) is 10.6. The standard InChI is InChI=1S/C22H25F3N2O4S/c1-4-27(5-2)32(29,30)20-13-8-17(9-14-20)10-15-21(28)26(3)16-18-6-11-19(12-7-18)31-22(23,24)25/h6-15H,4-5,16H2,1-3H3/b15-10+. The fourth-order valence-electron chi connectivity index (χ4n) is 2.91. The first kappa shape index (κ1) is 25.4.